The molecule has 1 aromatic heterocycles. The van der Waals surface area contributed by atoms with E-state index in [4.69, 9.17) is 5.11 Å². The van der Waals surface area contributed by atoms with Crippen molar-refractivity contribution in [1.82, 2.24) is 15.1 Å². The monoisotopic (exact) mass is 279 g/mol. The van der Waals surface area contributed by atoms with Crippen LogP contribution in [0.1, 0.15) is 55.4 Å². The highest BCUT2D eigenvalue weighted by Crippen LogP contribution is 2.17. The highest BCUT2D eigenvalue weighted by molar-refractivity contribution is 5.85. The molecule has 20 heavy (non-hydrogen) atoms. The van der Waals surface area contributed by atoms with Gasteiger partial charge in [0.15, 0.2) is 0 Å². The minimum absolute atomic E-state index is 0.0243. The summed E-state index contributed by atoms with van der Waals surface area (Å²) in [5.41, 5.74) is 0.118. The number of carbonyl (C=O) groups is 2. The van der Waals surface area contributed by atoms with Crippen LogP contribution in [0.5, 0.6) is 0 Å². The van der Waals surface area contributed by atoms with Gasteiger partial charge in [-0.25, -0.2) is 4.79 Å². The molecule has 1 aromatic rings. The number of aromatic nitrogens is 2. The Bertz CT molecular complexity index is 462. The van der Waals surface area contributed by atoms with Gasteiger partial charge in [0, 0.05) is 18.7 Å². The Balaban J connectivity index is 1.79. The second-order valence-electron chi connectivity index (χ2n) is 5.25. The normalized spacial score (nSPS) is 16.6. The van der Waals surface area contributed by atoms with Gasteiger partial charge in [-0.3, -0.25) is 9.48 Å². The Kier molecular flexibility index (Phi) is 5.15. The van der Waals surface area contributed by atoms with Gasteiger partial charge in [0.25, 0.3) is 0 Å². The van der Waals surface area contributed by atoms with Gasteiger partial charge in [0.1, 0.15) is 5.69 Å². The highest BCUT2D eigenvalue weighted by atomic mass is 16.4. The van der Waals surface area contributed by atoms with E-state index in [2.05, 4.69) is 10.4 Å². The second-order valence-corrected chi connectivity index (χ2v) is 5.25. The third kappa shape index (κ3) is 4.08. The summed E-state index contributed by atoms with van der Waals surface area (Å²) in [7, 11) is 0. The molecular formula is C14H21N3O3. The van der Waals surface area contributed by atoms with E-state index in [1.54, 1.807) is 0 Å². The van der Waals surface area contributed by atoms with Gasteiger partial charge in [-0.05, 0) is 18.9 Å². The molecule has 0 spiro atoms. The van der Waals surface area contributed by atoms with Crippen molar-refractivity contribution in [2.45, 2.75) is 57.5 Å². The van der Waals surface area contributed by atoms with Gasteiger partial charge in [-0.15, -0.1) is 0 Å². The smallest absolute Gasteiger partial charge is 0.354 e. The van der Waals surface area contributed by atoms with E-state index >= 15 is 0 Å². The zero-order valence-electron chi connectivity index (χ0n) is 11.5. The van der Waals surface area contributed by atoms with E-state index in [1.165, 1.54) is 42.6 Å². The molecule has 6 nitrogen and oxygen atoms in total. The number of nitrogens with zero attached hydrogens (tertiary/aromatic N) is 2. The lowest BCUT2D eigenvalue weighted by molar-refractivity contribution is -0.122. The molecule has 0 saturated heterocycles. The van der Waals surface area contributed by atoms with E-state index in [1.807, 2.05) is 0 Å². The molecule has 0 atom stereocenters. The fourth-order valence-electron chi connectivity index (χ4n) is 2.62. The fraction of sp³-hybridized carbons (Fsp3) is 0.643. The van der Waals surface area contributed by atoms with Crippen LogP contribution in [0.3, 0.4) is 0 Å². The number of hydrogen-bond donors (Lipinski definition) is 2. The van der Waals surface area contributed by atoms with E-state index in [-0.39, 0.29) is 24.1 Å². The lowest BCUT2D eigenvalue weighted by Gasteiger charge is -2.16. The summed E-state index contributed by atoms with van der Waals surface area (Å²) in [5.74, 6) is -1.05. The molecule has 0 radical (unpaired) electrons. The molecule has 0 aliphatic heterocycles. The lowest BCUT2D eigenvalue weighted by atomic mass is 10.1. The molecule has 1 aliphatic rings. The predicted molar refractivity (Wildman–Crippen MR) is 73.4 cm³/mol. The first-order valence-corrected chi connectivity index (χ1v) is 7.21. The van der Waals surface area contributed by atoms with Crippen LogP contribution in [-0.4, -0.2) is 32.8 Å². The van der Waals surface area contributed by atoms with Crippen LogP contribution in [0.2, 0.25) is 0 Å². The van der Waals surface area contributed by atoms with Crippen LogP contribution in [0.15, 0.2) is 12.3 Å². The Morgan fingerprint density at radius 1 is 1.30 bits per heavy atom. The number of amides is 1. The first-order chi connectivity index (χ1) is 9.66. The molecule has 1 aliphatic carbocycles. The zero-order chi connectivity index (χ0) is 14.4. The van der Waals surface area contributed by atoms with Crippen LogP contribution in [0.25, 0.3) is 0 Å². The van der Waals surface area contributed by atoms with Crippen molar-refractivity contribution in [3.8, 4) is 0 Å². The molecule has 1 saturated carbocycles. The SMILES string of the molecule is O=C(CCn1nccc1C(=O)O)NC1CCCCCC1. The summed E-state index contributed by atoms with van der Waals surface area (Å²) in [6.45, 7) is 0.299. The molecule has 6 heteroatoms. The average molecular weight is 279 g/mol. The van der Waals surface area contributed by atoms with Crippen molar-refractivity contribution in [3.63, 3.8) is 0 Å². The standard InChI is InChI=1S/C14H21N3O3/c18-13(16-11-5-3-1-2-4-6-11)8-10-17-12(14(19)20)7-9-15-17/h7,9,11H,1-6,8,10H2,(H,16,18)(H,19,20). The summed E-state index contributed by atoms with van der Waals surface area (Å²) in [6.07, 6.45) is 8.65. The van der Waals surface area contributed by atoms with Crippen molar-refractivity contribution in [2.75, 3.05) is 0 Å². The molecule has 2 rings (SSSR count). The second kappa shape index (κ2) is 7.07. The summed E-state index contributed by atoms with van der Waals surface area (Å²) < 4.78 is 1.36. The molecule has 2 N–H and O–H groups in total. The summed E-state index contributed by atoms with van der Waals surface area (Å²) >= 11 is 0. The summed E-state index contributed by atoms with van der Waals surface area (Å²) in [6, 6.07) is 1.72. The minimum Gasteiger partial charge on any atom is -0.477 e. The van der Waals surface area contributed by atoms with Crippen molar-refractivity contribution in [1.29, 1.82) is 0 Å². The van der Waals surface area contributed by atoms with E-state index in [9.17, 15) is 9.59 Å². The van der Waals surface area contributed by atoms with Gasteiger partial charge in [0.2, 0.25) is 5.91 Å². The third-order valence-electron chi connectivity index (χ3n) is 3.71. The van der Waals surface area contributed by atoms with Crippen LogP contribution in [0.4, 0.5) is 0 Å². The van der Waals surface area contributed by atoms with E-state index in [0.717, 1.165) is 12.8 Å². The van der Waals surface area contributed by atoms with Gasteiger partial charge in [0.05, 0.1) is 6.54 Å². The lowest BCUT2D eigenvalue weighted by Crippen LogP contribution is -2.35. The maximum atomic E-state index is 11.9. The fourth-order valence-corrected chi connectivity index (χ4v) is 2.62. The van der Waals surface area contributed by atoms with Crippen molar-refractivity contribution >= 4 is 11.9 Å². The number of carboxylic acids is 1. The number of rotatable bonds is 5. The highest BCUT2D eigenvalue weighted by Gasteiger charge is 2.15. The largest absolute Gasteiger partial charge is 0.477 e. The van der Waals surface area contributed by atoms with E-state index in [0.29, 0.717) is 6.54 Å². The number of hydrogen-bond acceptors (Lipinski definition) is 3. The molecule has 110 valence electrons. The number of nitrogens with one attached hydrogen (secondary N) is 1. The van der Waals surface area contributed by atoms with Crippen molar-refractivity contribution in [2.24, 2.45) is 0 Å². The quantitative estimate of drug-likeness (QED) is 0.805. The number of aromatic carboxylic acids is 1. The number of aryl methyl sites for hydroxylation is 1. The zero-order valence-corrected chi connectivity index (χ0v) is 11.5. The molecule has 1 fully saturated rings. The van der Waals surface area contributed by atoms with Crippen LogP contribution in [-0.2, 0) is 11.3 Å². The Hall–Kier alpha value is -1.85. The van der Waals surface area contributed by atoms with Crippen LogP contribution < -0.4 is 5.32 Å². The number of carboxylic acid groups (broad SMARTS) is 1. The maximum Gasteiger partial charge on any atom is 0.354 e. The van der Waals surface area contributed by atoms with Crippen LogP contribution >= 0.6 is 0 Å². The third-order valence-corrected chi connectivity index (χ3v) is 3.71. The van der Waals surface area contributed by atoms with Gasteiger partial charge in [-0.1, -0.05) is 25.7 Å². The first-order valence-electron chi connectivity index (χ1n) is 7.21. The van der Waals surface area contributed by atoms with Crippen molar-refractivity contribution in [3.05, 3.63) is 18.0 Å². The van der Waals surface area contributed by atoms with Crippen molar-refractivity contribution < 1.29 is 14.7 Å². The summed E-state index contributed by atoms with van der Waals surface area (Å²) in [4.78, 5) is 22.8. The van der Waals surface area contributed by atoms with Gasteiger partial charge < -0.3 is 10.4 Å². The Morgan fingerprint density at radius 2 is 2.00 bits per heavy atom. The van der Waals surface area contributed by atoms with E-state index < -0.39 is 5.97 Å². The minimum atomic E-state index is -1.02. The molecule has 0 bridgehead atoms. The maximum absolute atomic E-state index is 11.9. The predicted octanol–water partition coefficient (Wildman–Crippen LogP) is 1.81. The molecule has 1 amide bonds. The molecule has 0 unspecified atom stereocenters. The topological polar surface area (TPSA) is 84.2 Å². The summed E-state index contributed by atoms with van der Waals surface area (Å²) in [5, 5.41) is 15.9. The molecule has 1 heterocycles. The van der Waals surface area contributed by atoms with Crippen LogP contribution in [0, 0.1) is 0 Å². The average Bonchev–Trinajstić information content (AvgIpc) is 2.75. The van der Waals surface area contributed by atoms with Gasteiger partial charge in [-0.2, -0.15) is 5.10 Å². The molecular weight excluding hydrogens is 258 g/mol. The first kappa shape index (κ1) is 14.6. The number of carbonyl (C=O) groups excluding carboxylic acids is 1. The van der Waals surface area contributed by atoms with Gasteiger partial charge >= 0.3 is 5.97 Å². The Morgan fingerprint density at radius 3 is 2.65 bits per heavy atom. The molecule has 0 aromatic carbocycles. The Labute approximate surface area is 118 Å².